The second-order valence-corrected chi connectivity index (χ2v) is 8.84. The molecule has 4 aromatic rings. The van der Waals surface area contributed by atoms with Gasteiger partial charge >= 0.3 is 0 Å². The predicted molar refractivity (Wildman–Crippen MR) is 125 cm³/mol. The van der Waals surface area contributed by atoms with E-state index in [2.05, 4.69) is 4.98 Å². The van der Waals surface area contributed by atoms with Gasteiger partial charge in [-0.2, -0.15) is 0 Å². The first kappa shape index (κ1) is 19.7. The van der Waals surface area contributed by atoms with Gasteiger partial charge in [0.1, 0.15) is 17.0 Å². The monoisotopic (exact) mass is 437 g/mol. The molecule has 0 unspecified atom stereocenters. The Morgan fingerprint density at radius 1 is 0.970 bits per heavy atom. The summed E-state index contributed by atoms with van der Waals surface area (Å²) >= 11 is 0. The number of fused-ring (bicyclic) bond motifs is 2. The van der Waals surface area contributed by atoms with Gasteiger partial charge in [0.2, 0.25) is 0 Å². The van der Waals surface area contributed by atoms with Crippen LogP contribution in [0.25, 0.3) is 16.8 Å². The zero-order valence-corrected chi connectivity index (χ0v) is 18.1. The van der Waals surface area contributed by atoms with Crippen molar-refractivity contribution in [1.29, 1.82) is 0 Å². The lowest BCUT2D eigenvalue weighted by Gasteiger charge is -2.44. The number of aromatic nitrogens is 2. The van der Waals surface area contributed by atoms with E-state index in [1.807, 2.05) is 82.4 Å². The van der Waals surface area contributed by atoms with E-state index < -0.39 is 5.60 Å². The van der Waals surface area contributed by atoms with Crippen molar-refractivity contribution in [2.45, 2.75) is 24.9 Å². The average Bonchev–Trinajstić information content (AvgIpc) is 3.33. The molecule has 1 spiro atoms. The number of hydrogen-bond acceptors (Lipinski definition) is 4. The van der Waals surface area contributed by atoms with E-state index in [1.165, 1.54) is 0 Å². The van der Waals surface area contributed by atoms with E-state index >= 15 is 0 Å². The highest BCUT2D eigenvalue weighted by atomic mass is 16.5. The minimum absolute atomic E-state index is 0.0137. The van der Waals surface area contributed by atoms with Gasteiger partial charge in [-0.05, 0) is 23.8 Å². The highest BCUT2D eigenvalue weighted by Gasteiger charge is 2.43. The van der Waals surface area contributed by atoms with Gasteiger partial charge in [-0.25, -0.2) is 4.98 Å². The van der Waals surface area contributed by atoms with Gasteiger partial charge in [-0.15, -0.1) is 0 Å². The number of para-hydroxylation sites is 1. The van der Waals surface area contributed by atoms with Crippen LogP contribution in [0.4, 0.5) is 0 Å². The van der Waals surface area contributed by atoms with Crippen LogP contribution in [-0.4, -0.2) is 44.7 Å². The van der Waals surface area contributed by atoms with Crippen molar-refractivity contribution in [2.75, 3.05) is 13.1 Å². The SMILES string of the molecule is O=C1CC2(CCN(C(=O)c3cc(-c4ccccc4)c4nccn4c3)CC2)Oc2ccccc21. The molecule has 6 heteroatoms. The van der Waals surface area contributed by atoms with E-state index in [1.54, 1.807) is 6.20 Å². The van der Waals surface area contributed by atoms with Crippen molar-refractivity contribution in [3.8, 4) is 16.9 Å². The summed E-state index contributed by atoms with van der Waals surface area (Å²) < 4.78 is 8.22. The molecule has 0 aliphatic carbocycles. The van der Waals surface area contributed by atoms with Gasteiger partial charge in [0.15, 0.2) is 5.78 Å². The number of nitrogens with zero attached hydrogens (tertiary/aromatic N) is 3. The number of amides is 1. The van der Waals surface area contributed by atoms with Gasteiger partial charge in [0, 0.05) is 50.1 Å². The standard InChI is InChI=1S/C27H23N3O3/c31-23-17-27(33-24-9-5-4-8-21(23)24)10-13-29(14-11-27)26(32)20-16-22(19-6-2-1-3-7-19)25-28-12-15-30(25)18-20/h1-9,12,15-16,18H,10-11,13-14,17H2. The maximum atomic E-state index is 13.5. The second-order valence-electron chi connectivity index (χ2n) is 8.84. The van der Waals surface area contributed by atoms with Gasteiger partial charge in [0.05, 0.1) is 17.5 Å². The number of rotatable bonds is 2. The second kappa shape index (κ2) is 7.59. The van der Waals surface area contributed by atoms with Crippen LogP contribution >= 0.6 is 0 Å². The molecule has 0 N–H and O–H groups in total. The lowest BCUT2D eigenvalue weighted by atomic mass is 9.82. The van der Waals surface area contributed by atoms with Crippen LogP contribution < -0.4 is 4.74 Å². The number of Topliss-reactive ketones (excluding diaryl/α,β-unsaturated/α-hetero) is 1. The Hall–Kier alpha value is -3.93. The van der Waals surface area contributed by atoms with Crippen LogP contribution in [0.5, 0.6) is 5.75 Å². The molecule has 2 aliphatic heterocycles. The van der Waals surface area contributed by atoms with E-state index in [-0.39, 0.29) is 11.7 Å². The van der Waals surface area contributed by atoms with Crippen molar-refractivity contribution in [2.24, 2.45) is 0 Å². The maximum Gasteiger partial charge on any atom is 0.255 e. The third-order valence-corrected chi connectivity index (χ3v) is 6.78. The zero-order chi connectivity index (χ0) is 22.4. The molecule has 0 saturated carbocycles. The molecule has 1 fully saturated rings. The molecule has 2 aromatic heterocycles. The van der Waals surface area contributed by atoms with Crippen LogP contribution in [0.15, 0.2) is 79.3 Å². The molecule has 6 nitrogen and oxygen atoms in total. The Morgan fingerprint density at radius 3 is 2.55 bits per heavy atom. The maximum absolute atomic E-state index is 13.5. The van der Waals surface area contributed by atoms with E-state index in [4.69, 9.17) is 4.74 Å². The predicted octanol–water partition coefficient (Wildman–Crippen LogP) is 4.64. The minimum atomic E-state index is -0.522. The zero-order valence-electron chi connectivity index (χ0n) is 18.1. The Balaban J connectivity index is 1.25. The first-order valence-electron chi connectivity index (χ1n) is 11.2. The number of benzene rings is 2. The Morgan fingerprint density at radius 2 is 1.73 bits per heavy atom. The Kier molecular flexibility index (Phi) is 4.54. The number of carbonyl (C=O) groups is 2. The highest BCUT2D eigenvalue weighted by molar-refractivity contribution is 6.00. The summed E-state index contributed by atoms with van der Waals surface area (Å²) in [4.78, 5) is 32.5. The summed E-state index contributed by atoms with van der Waals surface area (Å²) in [6.45, 7) is 1.10. The molecule has 0 bridgehead atoms. The molecular weight excluding hydrogens is 414 g/mol. The number of hydrogen-bond donors (Lipinski definition) is 0. The van der Waals surface area contributed by atoms with Gasteiger partial charge < -0.3 is 14.0 Å². The lowest BCUT2D eigenvalue weighted by Crippen LogP contribution is -2.52. The van der Waals surface area contributed by atoms with E-state index in [9.17, 15) is 9.59 Å². The van der Waals surface area contributed by atoms with Crippen LogP contribution in [0.1, 0.15) is 40.0 Å². The fourth-order valence-electron chi connectivity index (χ4n) is 5.00. The smallest absolute Gasteiger partial charge is 0.255 e. The summed E-state index contributed by atoms with van der Waals surface area (Å²) in [5.41, 5.74) is 3.53. The number of piperidine rings is 1. The Bertz CT molecular complexity index is 1370. The quantitative estimate of drug-likeness (QED) is 0.458. The number of ether oxygens (including phenoxy) is 1. The van der Waals surface area contributed by atoms with Crippen molar-refractivity contribution < 1.29 is 14.3 Å². The minimum Gasteiger partial charge on any atom is -0.486 e. The molecule has 4 heterocycles. The number of likely N-dealkylation sites (tertiary alicyclic amines) is 1. The van der Waals surface area contributed by atoms with Crippen molar-refractivity contribution in [3.05, 3.63) is 90.4 Å². The van der Waals surface area contributed by atoms with Gasteiger partial charge in [-0.1, -0.05) is 42.5 Å². The summed E-state index contributed by atoms with van der Waals surface area (Å²) in [6.07, 6.45) is 7.09. The largest absolute Gasteiger partial charge is 0.486 e. The molecule has 1 saturated heterocycles. The fraction of sp³-hybridized carbons (Fsp3) is 0.222. The topological polar surface area (TPSA) is 63.9 Å². The van der Waals surface area contributed by atoms with Crippen molar-refractivity contribution in [1.82, 2.24) is 14.3 Å². The molecule has 2 aliphatic rings. The summed E-state index contributed by atoms with van der Waals surface area (Å²) in [7, 11) is 0. The van der Waals surface area contributed by atoms with Crippen LogP contribution in [-0.2, 0) is 0 Å². The number of imidazole rings is 1. The lowest BCUT2D eigenvalue weighted by molar-refractivity contribution is -0.00571. The normalized spacial score (nSPS) is 17.1. The molecule has 1 amide bonds. The van der Waals surface area contributed by atoms with Crippen LogP contribution in [0.3, 0.4) is 0 Å². The molecule has 6 rings (SSSR count). The number of carbonyl (C=O) groups excluding carboxylic acids is 2. The average molecular weight is 437 g/mol. The summed E-state index contributed by atoms with van der Waals surface area (Å²) in [5.74, 6) is 0.765. The summed E-state index contributed by atoms with van der Waals surface area (Å²) in [5, 5.41) is 0. The molecule has 33 heavy (non-hydrogen) atoms. The fourth-order valence-corrected chi connectivity index (χ4v) is 5.00. The van der Waals surface area contributed by atoms with Gasteiger partial charge in [0.25, 0.3) is 5.91 Å². The molecule has 0 atom stereocenters. The van der Waals surface area contributed by atoms with Crippen molar-refractivity contribution in [3.63, 3.8) is 0 Å². The molecule has 2 aromatic carbocycles. The van der Waals surface area contributed by atoms with Crippen LogP contribution in [0, 0.1) is 0 Å². The van der Waals surface area contributed by atoms with Crippen LogP contribution in [0.2, 0.25) is 0 Å². The third-order valence-electron chi connectivity index (χ3n) is 6.78. The number of pyridine rings is 1. The number of ketones is 1. The molecule has 164 valence electrons. The first-order valence-corrected chi connectivity index (χ1v) is 11.2. The highest BCUT2D eigenvalue weighted by Crippen LogP contribution is 2.39. The summed E-state index contributed by atoms with van der Waals surface area (Å²) in [6, 6.07) is 19.4. The van der Waals surface area contributed by atoms with Gasteiger partial charge in [-0.3, -0.25) is 9.59 Å². The third kappa shape index (κ3) is 3.39. The van der Waals surface area contributed by atoms with E-state index in [0.717, 1.165) is 16.8 Å². The van der Waals surface area contributed by atoms with Crippen molar-refractivity contribution >= 4 is 17.3 Å². The van der Waals surface area contributed by atoms with E-state index in [0.29, 0.717) is 49.2 Å². The molecular formula is C27H23N3O3. The first-order chi connectivity index (χ1) is 16.1. The Labute approximate surface area is 191 Å². The molecule has 0 radical (unpaired) electrons.